The van der Waals surface area contributed by atoms with Gasteiger partial charge in [0.2, 0.25) is 5.91 Å². The van der Waals surface area contributed by atoms with Crippen LogP contribution in [0.1, 0.15) is 90.9 Å². The molecule has 0 atom stereocenters. The summed E-state index contributed by atoms with van der Waals surface area (Å²) in [5.41, 5.74) is -1.32. The molecule has 0 aliphatic carbocycles. The summed E-state index contributed by atoms with van der Waals surface area (Å²) in [4.78, 5) is 11.1. The van der Waals surface area contributed by atoms with E-state index in [9.17, 15) is 19.4 Å². The van der Waals surface area contributed by atoms with Crippen LogP contribution in [-0.4, -0.2) is 34.9 Å². The SMILES string of the molecule is CCCCCCCCCCCC/C=C(/F)CC(CO)(CO)NC(C)=O. The molecule has 0 rings (SSSR count). The molecule has 5 heteroatoms. The smallest absolute Gasteiger partial charge is 0.217 e. The monoisotopic (exact) mass is 359 g/mol. The Balaban J connectivity index is 3.84. The van der Waals surface area contributed by atoms with Gasteiger partial charge in [0, 0.05) is 13.3 Å². The topological polar surface area (TPSA) is 69.6 Å². The quantitative estimate of drug-likeness (QED) is 0.358. The lowest BCUT2D eigenvalue weighted by Crippen LogP contribution is -2.53. The average Bonchev–Trinajstić information content (AvgIpc) is 2.58. The Labute approximate surface area is 152 Å². The lowest BCUT2D eigenvalue weighted by molar-refractivity contribution is -0.122. The van der Waals surface area contributed by atoms with E-state index in [1.807, 2.05) is 0 Å². The highest BCUT2D eigenvalue weighted by Crippen LogP contribution is 2.19. The molecule has 0 spiro atoms. The summed E-state index contributed by atoms with van der Waals surface area (Å²) in [5, 5.41) is 21.2. The predicted molar refractivity (Wildman–Crippen MR) is 101 cm³/mol. The molecule has 0 fully saturated rings. The van der Waals surface area contributed by atoms with Gasteiger partial charge in [0.1, 0.15) is 0 Å². The van der Waals surface area contributed by atoms with Gasteiger partial charge in [0.15, 0.2) is 0 Å². The van der Waals surface area contributed by atoms with E-state index < -0.39 is 30.5 Å². The first-order valence-corrected chi connectivity index (χ1v) is 9.84. The highest BCUT2D eigenvalue weighted by molar-refractivity contribution is 5.73. The van der Waals surface area contributed by atoms with Gasteiger partial charge < -0.3 is 15.5 Å². The standard InChI is InChI=1S/C20H38FNO3/c1-3-4-5-6-7-8-9-10-11-12-13-14-19(21)15-20(16-23,17-24)22-18(2)25/h14,23-24H,3-13,15-17H2,1-2H3,(H,22,25)/b19-14+. The number of unbranched alkanes of at least 4 members (excludes halogenated alkanes) is 10. The first-order chi connectivity index (χ1) is 12.0. The predicted octanol–water partition coefficient (Wildman–Crippen LogP) is 4.40. The van der Waals surface area contributed by atoms with Crippen molar-refractivity contribution in [1.82, 2.24) is 5.32 Å². The molecule has 0 saturated heterocycles. The van der Waals surface area contributed by atoms with E-state index in [-0.39, 0.29) is 6.42 Å². The van der Waals surface area contributed by atoms with Crippen LogP contribution >= 0.6 is 0 Å². The largest absolute Gasteiger partial charge is 0.394 e. The lowest BCUT2D eigenvalue weighted by Gasteiger charge is -2.29. The van der Waals surface area contributed by atoms with Crippen LogP contribution in [0.2, 0.25) is 0 Å². The molecule has 0 unspecified atom stereocenters. The van der Waals surface area contributed by atoms with E-state index in [1.54, 1.807) is 0 Å². The Bertz CT molecular complexity index is 368. The van der Waals surface area contributed by atoms with Crippen LogP contribution in [0, 0.1) is 0 Å². The van der Waals surface area contributed by atoms with Gasteiger partial charge in [-0.05, 0) is 12.8 Å². The van der Waals surface area contributed by atoms with Crippen molar-refractivity contribution in [2.45, 2.75) is 96.4 Å². The van der Waals surface area contributed by atoms with E-state index >= 15 is 0 Å². The average molecular weight is 360 g/mol. The number of allylic oxidation sites excluding steroid dienone is 1. The molecule has 0 aliphatic rings. The minimum absolute atomic E-state index is 0.183. The van der Waals surface area contributed by atoms with E-state index in [2.05, 4.69) is 12.2 Å². The van der Waals surface area contributed by atoms with Gasteiger partial charge in [0.25, 0.3) is 0 Å². The fourth-order valence-electron chi connectivity index (χ4n) is 2.94. The van der Waals surface area contributed by atoms with E-state index in [0.29, 0.717) is 6.42 Å². The van der Waals surface area contributed by atoms with Gasteiger partial charge in [0.05, 0.1) is 24.6 Å². The van der Waals surface area contributed by atoms with Crippen LogP contribution in [0.15, 0.2) is 11.9 Å². The second-order valence-electron chi connectivity index (χ2n) is 7.08. The van der Waals surface area contributed by atoms with Crippen LogP contribution in [0.25, 0.3) is 0 Å². The number of halogens is 1. The number of amides is 1. The molecule has 0 radical (unpaired) electrons. The summed E-state index contributed by atoms with van der Waals surface area (Å²) >= 11 is 0. The number of hydrogen-bond acceptors (Lipinski definition) is 3. The van der Waals surface area contributed by atoms with Gasteiger partial charge in [-0.15, -0.1) is 0 Å². The van der Waals surface area contributed by atoms with Gasteiger partial charge in [-0.25, -0.2) is 4.39 Å². The molecule has 3 N–H and O–H groups in total. The maximum atomic E-state index is 14.0. The number of aliphatic hydroxyl groups is 2. The third kappa shape index (κ3) is 13.0. The second-order valence-corrected chi connectivity index (χ2v) is 7.08. The van der Waals surface area contributed by atoms with Crippen molar-refractivity contribution >= 4 is 5.91 Å². The van der Waals surface area contributed by atoms with Crippen molar-refractivity contribution in [1.29, 1.82) is 0 Å². The molecular formula is C20H38FNO3. The Morgan fingerprint density at radius 2 is 1.44 bits per heavy atom. The lowest BCUT2D eigenvalue weighted by atomic mass is 9.95. The number of carbonyl (C=O) groups excluding carboxylic acids is 1. The van der Waals surface area contributed by atoms with Crippen molar-refractivity contribution in [2.75, 3.05) is 13.2 Å². The first-order valence-electron chi connectivity index (χ1n) is 9.84. The zero-order valence-corrected chi connectivity index (χ0v) is 16.2. The van der Waals surface area contributed by atoms with Crippen LogP contribution in [0.3, 0.4) is 0 Å². The highest BCUT2D eigenvalue weighted by atomic mass is 19.1. The van der Waals surface area contributed by atoms with Gasteiger partial charge >= 0.3 is 0 Å². The van der Waals surface area contributed by atoms with Crippen LogP contribution in [0.4, 0.5) is 4.39 Å². The molecule has 0 heterocycles. The van der Waals surface area contributed by atoms with Crippen molar-refractivity contribution in [3.63, 3.8) is 0 Å². The minimum Gasteiger partial charge on any atom is -0.394 e. The Morgan fingerprint density at radius 1 is 0.960 bits per heavy atom. The zero-order chi connectivity index (χ0) is 19.0. The fourth-order valence-corrected chi connectivity index (χ4v) is 2.94. The maximum Gasteiger partial charge on any atom is 0.217 e. The molecule has 0 aromatic heterocycles. The Kier molecular flexibility index (Phi) is 14.7. The van der Waals surface area contributed by atoms with Crippen LogP contribution in [-0.2, 0) is 4.79 Å². The molecule has 0 aliphatic heterocycles. The summed E-state index contributed by atoms with van der Waals surface area (Å²) in [6, 6.07) is 0. The number of aliphatic hydroxyl groups excluding tert-OH is 2. The molecular weight excluding hydrogens is 321 g/mol. The van der Waals surface area contributed by atoms with Gasteiger partial charge in [-0.3, -0.25) is 4.79 Å². The molecule has 25 heavy (non-hydrogen) atoms. The minimum atomic E-state index is -1.32. The molecule has 0 aromatic carbocycles. The summed E-state index contributed by atoms with van der Waals surface area (Å²) in [6.07, 6.45) is 14.4. The van der Waals surface area contributed by atoms with E-state index in [1.165, 1.54) is 64.4 Å². The maximum absolute atomic E-state index is 14.0. The summed E-state index contributed by atoms with van der Waals surface area (Å²) in [6.45, 7) is 2.52. The molecule has 0 aromatic rings. The number of hydrogen-bond donors (Lipinski definition) is 3. The van der Waals surface area contributed by atoms with E-state index in [4.69, 9.17) is 0 Å². The zero-order valence-electron chi connectivity index (χ0n) is 16.2. The number of carbonyl (C=O) groups is 1. The van der Waals surface area contributed by atoms with Crippen LogP contribution < -0.4 is 5.32 Å². The van der Waals surface area contributed by atoms with Crippen molar-refractivity contribution in [3.8, 4) is 0 Å². The van der Waals surface area contributed by atoms with Crippen molar-refractivity contribution in [3.05, 3.63) is 11.9 Å². The summed E-state index contributed by atoms with van der Waals surface area (Å²) in [5.74, 6) is -0.793. The van der Waals surface area contributed by atoms with Gasteiger partial charge in [-0.2, -0.15) is 0 Å². The first kappa shape index (κ1) is 24.1. The fraction of sp³-hybridized carbons (Fsp3) is 0.850. The Hall–Kier alpha value is -0.940. The highest BCUT2D eigenvalue weighted by Gasteiger charge is 2.31. The number of rotatable bonds is 16. The van der Waals surface area contributed by atoms with Crippen molar-refractivity contribution < 1.29 is 19.4 Å². The third-order valence-electron chi connectivity index (χ3n) is 4.48. The second kappa shape index (κ2) is 15.3. The molecule has 0 saturated carbocycles. The number of nitrogens with one attached hydrogen (secondary N) is 1. The van der Waals surface area contributed by atoms with Gasteiger partial charge in [-0.1, -0.05) is 70.8 Å². The van der Waals surface area contributed by atoms with Crippen molar-refractivity contribution in [2.24, 2.45) is 0 Å². The molecule has 1 amide bonds. The summed E-state index contributed by atoms with van der Waals surface area (Å²) in [7, 11) is 0. The molecule has 4 nitrogen and oxygen atoms in total. The van der Waals surface area contributed by atoms with E-state index in [0.717, 1.165) is 12.8 Å². The summed E-state index contributed by atoms with van der Waals surface area (Å²) < 4.78 is 14.0. The Morgan fingerprint density at radius 3 is 1.88 bits per heavy atom. The normalized spacial score (nSPS) is 12.4. The third-order valence-corrected chi connectivity index (χ3v) is 4.48. The molecule has 0 bridgehead atoms. The molecule has 148 valence electrons. The van der Waals surface area contributed by atoms with Crippen LogP contribution in [0.5, 0.6) is 0 Å².